The van der Waals surface area contributed by atoms with Gasteiger partial charge in [0.25, 0.3) is 0 Å². The van der Waals surface area contributed by atoms with Gasteiger partial charge in [0.2, 0.25) is 0 Å². The fourth-order valence-corrected chi connectivity index (χ4v) is 1.44. The first-order valence-corrected chi connectivity index (χ1v) is 5.49. The van der Waals surface area contributed by atoms with Crippen LogP contribution in [0.4, 0.5) is 0 Å². The van der Waals surface area contributed by atoms with Crippen molar-refractivity contribution in [1.82, 2.24) is 9.80 Å². The van der Waals surface area contributed by atoms with Crippen LogP contribution >= 0.6 is 0 Å². The van der Waals surface area contributed by atoms with E-state index in [9.17, 15) is 4.79 Å². The summed E-state index contributed by atoms with van der Waals surface area (Å²) in [5, 5.41) is 26.4. The van der Waals surface area contributed by atoms with E-state index in [1.165, 1.54) is 0 Å². The third-order valence-electron chi connectivity index (χ3n) is 2.31. The van der Waals surface area contributed by atoms with Crippen LogP contribution in [0.2, 0.25) is 0 Å². The predicted octanol–water partition coefficient (Wildman–Crippen LogP) is -2.23. The molecule has 3 N–H and O–H groups in total. The summed E-state index contributed by atoms with van der Waals surface area (Å²) in [6, 6.07) is 0. The van der Waals surface area contributed by atoms with Gasteiger partial charge in [-0.15, -0.1) is 0 Å². The zero-order valence-electron chi connectivity index (χ0n) is 9.59. The van der Waals surface area contributed by atoms with Crippen molar-refractivity contribution in [3.63, 3.8) is 0 Å². The fraction of sp³-hybridized carbons (Fsp3) is 0.900. The number of carbonyl (C=O) groups excluding carboxylic acids is 1. The highest BCUT2D eigenvalue weighted by Crippen LogP contribution is 1.91. The Balaban J connectivity index is 3.87. The number of hydrogen-bond donors (Lipinski definition) is 3. The number of carbonyl (C=O) groups is 1. The van der Waals surface area contributed by atoms with Crippen LogP contribution < -0.4 is 0 Å². The average molecular weight is 234 g/mol. The van der Waals surface area contributed by atoms with E-state index in [1.54, 1.807) is 0 Å². The van der Waals surface area contributed by atoms with E-state index in [1.807, 2.05) is 9.80 Å². The molecule has 0 aromatic carbocycles. The van der Waals surface area contributed by atoms with Gasteiger partial charge in [-0.2, -0.15) is 0 Å². The molecule has 96 valence electrons. The first-order valence-electron chi connectivity index (χ1n) is 5.49. The number of aldehydes is 1. The van der Waals surface area contributed by atoms with Crippen LogP contribution in [0.3, 0.4) is 0 Å². The van der Waals surface area contributed by atoms with Gasteiger partial charge in [0.15, 0.2) is 0 Å². The van der Waals surface area contributed by atoms with Gasteiger partial charge < -0.3 is 20.1 Å². The maximum Gasteiger partial charge on any atom is 0.133 e. The molecular formula is C10H22N2O4. The molecule has 0 fully saturated rings. The molecule has 6 nitrogen and oxygen atoms in total. The van der Waals surface area contributed by atoms with E-state index in [0.29, 0.717) is 39.3 Å². The molecule has 0 aliphatic carbocycles. The summed E-state index contributed by atoms with van der Waals surface area (Å²) in [5.74, 6) is 0. The first kappa shape index (κ1) is 15.5. The van der Waals surface area contributed by atoms with Crippen molar-refractivity contribution >= 4 is 6.29 Å². The molecule has 0 aliphatic rings. The van der Waals surface area contributed by atoms with Gasteiger partial charge in [-0.3, -0.25) is 9.80 Å². The topological polar surface area (TPSA) is 84.2 Å². The molecule has 0 spiro atoms. The third kappa shape index (κ3) is 7.72. The molecule has 6 heteroatoms. The Bertz CT molecular complexity index is 163. The van der Waals surface area contributed by atoms with Crippen molar-refractivity contribution in [2.24, 2.45) is 0 Å². The largest absolute Gasteiger partial charge is 0.395 e. The van der Waals surface area contributed by atoms with Crippen LogP contribution in [-0.2, 0) is 4.79 Å². The Kier molecular flexibility index (Phi) is 10.6. The van der Waals surface area contributed by atoms with E-state index in [4.69, 9.17) is 15.3 Å². The number of nitrogens with zero attached hydrogens (tertiary/aromatic N) is 2. The predicted molar refractivity (Wildman–Crippen MR) is 60.2 cm³/mol. The minimum Gasteiger partial charge on any atom is -0.395 e. The van der Waals surface area contributed by atoms with Gasteiger partial charge in [-0.1, -0.05) is 0 Å². The summed E-state index contributed by atoms with van der Waals surface area (Å²) in [7, 11) is 0. The second-order valence-electron chi connectivity index (χ2n) is 3.48. The third-order valence-corrected chi connectivity index (χ3v) is 2.31. The maximum atomic E-state index is 10.4. The van der Waals surface area contributed by atoms with Gasteiger partial charge in [0.1, 0.15) is 6.29 Å². The Hall–Kier alpha value is -0.530. The zero-order chi connectivity index (χ0) is 12.2. The average Bonchev–Trinajstić information content (AvgIpc) is 2.27. The van der Waals surface area contributed by atoms with Gasteiger partial charge in [-0.05, 0) is 0 Å². The number of aliphatic hydroxyl groups excluding tert-OH is 3. The minimum atomic E-state index is 0.0217. The monoisotopic (exact) mass is 234 g/mol. The Morgan fingerprint density at radius 3 is 1.62 bits per heavy atom. The summed E-state index contributed by atoms with van der Waals surface area (Å²) >= 11 is 0. The molecule has 0 atom stereocenters. The Morgan fingerprint density at radius 1 is 0.750 bits per heavy atom. The maximum absolute atomic E-state index is 10.4. The second kappa shape index (κ2) is 11.0. The van der Waals surface area contributed by atoms with Crippen LogP contribution in [-0.4, -0.2) is 90.5 Å². The summed E-state index contributed by atoms with van der Waals surface area (Å²) in [5.41, 5.74) is 0. The number of hydrogen-bond acceptors (Lipinski definition) is 6. The molecule has 0 rings (SSSR count). The van der Waals surface area contributed by atoms with Crippen molar-refractivity contribution in [2.75, 3.05) is 59.1 Å². The van der Waals surface area contributed by atoms with Crippen LogP contribution in [0.25, 0.3) is 0 Å². The summed E-state index contributed by atoms with van der Waals surface area (Å²) in [6.07, 6.45) is 0.804. The lowest BCUT2D eigenvalue weighted by Gasteiger charge is -2.25. The van der Waals surface area contributed by atoms with E-state index in [0.717, 1.165) is 6.29 Å². The molecule has 0 aromatic heterocycles. The van der Waals surface area contributed by atoms with Gasteiger partial charge in [0.05, 0.1) is 26.4 Å². The Morgan fingerprint density at radius 2 is 1.19 bits per heavy atom. The van der Waals surface area contributed by atoms with Crippen molar-refractivity contribution in [1.29, 1.82) is 0 Å². The smallest absolute Gasteiger partial charge is 0.133 e. The van der Waals surface area contributed by atoms with Gasteiger partial charge >= 0.3 is 0 Å². The number of aliphatic hydroxyl groups is 3. The van der Waals surface area contributed by atoms with Crippen LogP contribution in [0.5, 0.6) is 0 Å². The van der Waals surface area contributed by atoms with Gasteiger partial charge in [-0.25, -0.2) is 0 Å². The van der Waals surface area contributed by atoms with Crippen molar-refractivity contribution < 1.29 is 20.1 Å². The minimum absolute atomic E-state index is 0.0217. The van der Waals surface area contributed by atoms with E-state index in [-0.39, 0.29) is 19.8 Å². The highest BCUT2D eigenvalue weighted by molar-refractivity contribution is 5.51. The quantitative estimate of drug-likeness (QED) is 0.351. The normalized spacial score (nSPS) is 11.3. The first-order chi connectivity index (χ1) is 7.78. The fourth-order valence-electron chi connectivity index (χ4n) is 1.44. The van der Waals surface area contributed by atoms with Gasteiger partial charge in [0, 0.05) is 32.7 Å². The highest BCUT2D eigenvalue weighted by Gasteiger charge is 2.07. The summed E-state index contributed by atoms with van der Waals surface area (Å²) in [6.45, 7) is 3.20. The van der Waals surface area contributed by atoms with E-state index >= 15 is 0 Å². The molecular weight excluding hydrogens is 212 g/mol. The lowest BCUT2D eigenvalue weighted by molar-refractivity contribution is -0.109. The standard InChI is InChI=1S/C10H22N2O4/c13-7-3-11(4-8-14)1-2-12(5-9-15)6-10-16/h7,14-16H,1-6,8-10H2. The summed E-state index contributed by atoms with van der Waals surface area (Å²) in [4.78, 5) is 14.1. The zero-order valence-corrected chi connectivity index (χ0v) is 9.59. The SMILES string of the molecule is O=CCN(CCO)CCN(CCO)CCO. The lowest BCUT2D eigenvalue weighted by Crippen LogP contribution is -2.39. The molecule has 0 radical (unpaired) electrons. The molecule has 0 aromatic rings. The molecule has 0 amide bonds. The van der Waals surface area contributed by atoms with Crippen molar-refractivity contribution in [3.05, 3.63) is 0 Å². The van der Waals surface area contributed by atoms with E-state index in [2.05, 4.69) is 0 Å². The van der Waals surface area contributed by atoms with Crippen LogP contribution in [0.1, 0.15) is 0 Å². The molecule has 16 heavy (non-hydrogen) atoms. The molecule has 0 saturated carbocycles. The summed E-state index contributed by atoms with van der Waals surface area (Å²) < 4.78 is 0. The lowest BCUT2D eigenvalue weighted by atomic mass is 10.4. The van der Waals surface area contributed by atoms with Crippen LogP contribution in [0.15, 0.2) is 0 Å². The van der Waals surface area contributed by atoms with Crippen LogP contribution in [0, 0.1) is 0 Å². The molecule has 0 saturated heterocycles. The Labute approximate surface area is 96.1 Å². The number of rotatable bonds is 11. The molecule has 0 aliphatic heterocycles. The van der Waals surface area contributed by atoms with Crippen molar-refractivity contribution in [2.45, 2.75) is 0 Å². The van der Waals surface area contributed by atoms with Crippen molar-refractivity contribution in [3.8, 4) is 0 Å². The molecule has 0 unspecified atom stereocenters. The molecule has 0 bridgehead atoms. The highest BCUT2D eigenvalue weighted by atomic mass is 16.3. The van der Waals surface area contributed by atoms with E-state index < -0.39 is 0 Å². The second-order valence-corrected chi connectivity index (χ2v) is 3.48. The molecule has 0 heterocycles.